The lowest BCUT2D eigenvalue weighted by atomic mass is 10.2. The van der Waals surface area contributed by atoms with E-state index in [1.165, 1.54) is 6.08 Å². The van der Waals surface area contributed by atoms with Crippen LogP contribution in [0.4, 0.5) is 0 Å². The number of rotatable bonds is 5. The van der Waals surface area contributed by atoms with E-state index >= 15 is 0 Å². The second-order valence-corrected chi connectivity index (χ2v) is 2.50. The van der Waals surface area contributed by atoms with Crippen molar-refractivity contribution in [2.45, 2.75) is 19.4 Å². The van der Waals surface area contributed by atoms with Gasteiger partial charge in [0, 0.05) is 0 Å². The van der Waals surface area contributed by atoms with Gasteiger partial charge in [-0.15, -0.1) is 0 Å². The Morgan fingerprint density at radius 1 is 1.36 bits per heavy atom. The third kappa shape index (κ3) is 4.91. The van der Waals surface area contributed by atoms with Crippen molar-refractivity contribution in [2.24, 2.45) is 0 Å². The first-order valence-electron chi connectivity index (χ1n) is 3.85. The number of allylic oxidation sites excluding steroid dienone is 1. The van der Waals surface area contributed by atoms with Crippen molar-refractivity contribution < 1.29 is 24.6 Å². The van der Waals surface area contributed by atoms with Crippen molar-refractivity contribution in [3.63, 3.8) is 0 Å². The van der Waals surface area contributed by atoms with Gasteiger partial charge in [-0.2, -0.15) is 0 Å². The van der Waals surface area contributed by atoms with Crippen LogP contribution in [-0.2, 0) is 14.4 Å². The molecular weight excluding hydrogens is 190 g/mol. The molecule has 78 valence electrons. The van der Waals surface area contributed by atoms with Crippen LogP contribution in [0.2, 0.25) is 0 Å². The van der Waals surface area contributed by atoms with Gasteiger partial charge in [0.1, 0.15) is 6.04 Å². The normalized spacial score (nSPS) is 12.4. The van der Waals surface area contributed by atoms with E-state index in [0.29, 0.717) is 0 Å². The molecule has 1 amide bonds. The van der Waals surface area contributed by atoms with Crippen LogP contribution in [0.15, 0.2) is 12.2 Å². The highest BCUT2D eigenvalue weighted by Gasteiger charge is 2.21. The Hall–Kier alpha value is -1.85. The fraction of sp³-hybridized carbons (Fsp3) is 0.375. The first-order chi connectivity index (χ1) is 6.47. The number of aliphatic carboxylic acids is 2. The van der Waals surface area contributed by atoms with E-state index in [-0.39, 0.29) is 0 Å². The average Bonchev–Trinajstić information content (AvgIpc) is 2.02. The largest absolute Gasteiger partial charge is 0.481 e. The smallest absolute Gasteiger partial charge is 0.326 e. The summed E-state index contributed by atoms with van der Waals surface area (Å²) in [6.07, 6.45) is 1.91. The SMILES string of the molecule is C/C=C/C(=O)N[C@@H](CC(=O)O)C(=O)O. The Kier molecular flexibility index (Phi) is 4.98. The van der Waals surface area contributed by atoms with Gasteiger partial charge in [-0.05, 0) is 13.0 Å². The molecule has 0 aromatic carbocycles. The summed E-state index contributed by atoms with van der Waals surface area (Å²) in [5.74, 6) is -3.27. The predicted molar refractivity (Wildman–Crippen MR) is 46.6 cm³/mol. The molecule has 0 aliphatic heterocycles. The monoisotopic (exact) mass is 201 g/mol. The molecule has 6 nitrogen and oxygen atoms in total. The maximum absolute atomic E-state index is 10.9. The Balaban J connectivity index is 4.30. The minimum absolute atomic E-state index is 0.624. The zero-order valence-corrected chi connectivity index (χ0v) is 7.56. The molecule has 1 atom stereocenters. The molecule has 0 heterocycles. The first-order valence-corrected chi connectivity index (χ1v) is 3.85. The summed E-state index contributed by atoms with van der Waals surface area (Å²) in [6, 6.07) is -1.39. The van der Waals surface area contributed by atoms with Crippen LogP contribution in [0.5, 0.6) is 0 Å². The van der Waals surface area contributed by atoms with Gasteiger partial charge in [-0.1, -0.05) is 6.08 Å². The molecule has 0 saturated carbocycles. The third-order valence-electron chi connectivity index (χ3n) is 1.31. The Bertz CT molecular complexity index is 271. The van der Waals surface area contributed by atoms with Gasteiger partial charge in [0.05, 0.1) is 6.42 Å². The Labute approximate surface area is 80.2 Å². The second-order valence-electron chi connectivity index (χ2n) is 2.50. The van der Waals surface area contributed by atoms with E-state index in [1.807, 2.05) is 5.32 Å². The number of amides is 1. The van der Waals surface area contributed by atoms with E-state index in [0.717, 1.165) is 6.08 Å². The highest BCUT2D eigenvalue weighted by molar-refractivity contribution is 5.92. The van der Waals surface area contributed by atoms with Crippen molar-refractivity contribution in [1.29, 1.82) is 0 Å². The Morgan fingerprint density at radius 3 is 2.29 bits per heavy atom. The number of nitrogens with one attached hydrogen (secondary N) is 1. The van der Waals surface area contributed by atoms with E-state index in [2.05, 4.69) is 0 Å². The van der Waals surface area contributed by atoms with Crippen LogP contribution in [0.3, 0.4) is 0 Å². The van der Waals surface area contributed by atoms with Crippen molar-refractivity contribution in [3.8, 4) is 0 Å². The standard InChI is InChI=1S/C8H11NO5/c1-2-3-6(10)9-5(8(13)14)4-7(11)12/h2-3,5H,4H2,1H3,(H,9,10)(H,11,12)(H,13,14)/b3-2+/t5-/m0/s1. The van der Waals surface area contributed by atoms with E-state index in [4.69, 9.17) is 10.2 Å². The van der Waals surface area contributed by atoms with Gasteiger partial charge in [0.15, 0.2) is 0 Å². The van der Waals surface area contributed by atoms with Crippen LogP contribution >= 0.6 is 0 Å². The number of carbonyl (C=O) groups excluding carboxylic acids is 1. The molecule has 0 aliphatic rings. The minimum Gasteiger partial charge on any atom is -0.481 e. The third-order valence-corrected chi connectivity index (χ3v) is 1.31. The van der Waals surface area contributed by atoms with Gasteiger partial charge in [0.25, 0.3) is 0 Å². The van der Waals surface area contributed by atoms with Crippen LogP contribution in [0.1, 0.15) is 13.3 Å². The van der Waals surface area contributed by atoms with E-state index in [1.54, 1.807) is 6.92 Å². The topological polar surface area (TPSA) is 104 Å². The fourth-order valence-electron chi connectivity index (χ4n) is 0.746. The molecule has 0 spiro atoms. The zero-order valence-electron chi connectivity index (χ0n) is 7.56. The number of carboxylic acid groups (broad SMARTS) is 2. The van der Waals surface area contributed by atoms with Crippen molar-refractivity contribution in [3.05, 3.63) is 12.2 Å². The van der Waals surface area contributed by atoms with Gasteiger partial charge < -0.3 is 15.5 Å². The molecule has 0 rings (SSSR count). The maximum Gasteiger partial charge on any atom is 0.326 e. The average molecular weight is 201 g/mol. The Morgan fingerprint density at radius 2 is 1.93 bits per heavy atom. The lowest BCUT2D eigenvalue weighted by Crippen LogP contribution is -2.41. The summed E-state index contributed by atoms with van der Waals surface area (Å²) < 4.78 is 0. The van der Waals surface area contributed by atoms with Gasteiger partial charge >= 0.3 is 11.9 Å². The molecule has 3 N–H and O–H groups in total. The highest BCUT2D eigenvalue weighted by Crippen LogP contribution is 1.92. The molecule has 14 heavy (non-hydrogen) atoms. The zero-order chi connectivity index (χ0) is 11.1. The van der Waals surface area contributed by atoms with Crippen molar-refractivity contribution in [1.82, 2.24) is 5.32 Å². The first kappa shape index (κ1) is 12.2. The minimum atomic E-state index is -1.39. The summed E-state index contributed by atoms with van der Waals surface area (Å²) >= 11 is 0. The fourth-order valence-corrected chi connectivity index (χ4v) is 0.746. The second kappa shape index (κ2) is 5.74. The summed E-state index contributed by atoms with van der Waals surface area (Å²) in [4.78, 5) is 31.6. The summed E-state index contributed by atoms with van der Waals surface area (Å²) in [5, 5.41) is 18.9. The maximum atomic E-state index is 10.9. The van der Waals surface area contributed by atoms with Crippen LogP contribution in [0, 0.1) is 0 Å². The molecule has 0 unspecified atom stereocenters. The van der Waals surface area contributed by atoms with Crippen molar-refractivity contribution >= 4 is 17.8 Å². The molecule has 6 heteroatoms. The van der Waals surface area contributed by atoms with Gasteiger partial charge in [-0.25, -0.2) is 4.79 Å². The van der Waals surface area contributed by atoms with Crippen LogP contribution in [-0.4, -0.2) is 34.1 Å². The lowest BCUT2D eigenvalue weighted by Gasteiger charge is -2.09. The summed E-state index contributed by atoms with van der Waals surface area (Å²) in [6.45, 7) is 1.59. The molecular formula is C8H11NO5. The quantitative estimate of drug-likeness (QED) is 0.525. The van der Waals surface area contributed by atoms with Gasteiger partial charge in [0.2, 0.25) is 5.91 Å². The molecule has 0 radical (unpaired) electrons. The van der Waals surface area contributed by atoms with E-state index in [9.17, 15) is 14.4 Å². The lowest BCUT2D eigenvalue weighted by molar-refractivity contribution is -0.146. The predicted octanol–water partition coefficient (Wildman–Crippen LogP) is -0.393. The number of carbonyl (C=O) groups is 3. The number of carboxylic acids is 2. The molecule has 0 saturated heterocycles. The summed E-state index contributed by atoms with van der Waals surface area (Å²) in [5.41, 5.74) is 0. The molecule has 0 fully saturated rings. The molecule has 0 aromatic heterocycles. The number of hydrogen-bond donors (Lipinski definition) is 3. The highest BCUT2D eigenvalue weighted by atomic mass is 16.4. The van der Waals surface area contributed by atoms with Gasteiger partial charge in [-0.3, -0.25) is 9.59 Å². The molecule has 0 bridgehead atoms. The van der Waals surface area contributed by atoms with Crippen molar-refractivity contribution in [2.75, 3.05) is 0 Å². The van der Waals surface area contributed by atoms with E-state index < -0.39 is 30.3 Å². The molecule has 0 aliphatic carbocycles. The van der Waals surface area contributed by atoms with Crippen LogP contribution < -0.4 is 5.32 Å². The molecule has 0 aromatic rings. The van der Waals surface area contributed by atoms with Crippen LogP contribution in [0.25, 0.3) is 0 Å². The summed E-state index contributed by atoms with van der Waals surface area (Å²) in [7, 11) is 0. The number of hydrogen-bond acceptors (Lipinski definition) is 3.